The van der Waals surface area contributed by atoms with Gasteiger partial charge in [-0.3, -0.25) is 9.29 Å². The molecule has 0 saturated heterocycles. The van der Waals surface area contributed by atoms with Gasteiger partial charge in [-0.05, 0) is 37.3 Å². The van der Waals surface area contributed by atoms with Crippen molar-refractivity contribution in [2.45, 2.75) is 19.9 Å². The van der Waals surface area contributed by atoms with E-state index in [9.17, 15) is 21.6 Å². The zero-order chi connectivity index (χ0) is 21.2. The van der Waals surface area contributed by atoms with Gasteiger partial charge in [0.05, 0.1) is 34.3 Å². The van der Waals surface area contributed by atoms with Crippen molar-refractivity contribution in [3.05, 3.63) is 59.0 Å². The van der Waals surface area contributed by atoms with Gasteiger partial charge in [-0.15, -0.1) is 10.2 Å². The lowest BCUT2D eigenvalue weighted by atomic mass is 10.2. The van der Waals surface area contributed by atoms with E-state index in [1.165, 1.54) is 37.4 Å². The molecule has 2 heterocycles. The van der Waals surface area contributed by atoms with Gasteiger partial charge in [0.2, 0.25) is 15.9 Å². The molecule has 0 unspecified atom stereocenters. The van der Waals surface area contributed by atoms with Crippen LogP contribution in [0.5, 0.6) is 0 Å². The molecule has 29 heavy (non-hydrogen) atoms. The largest absolute Gasteiger partial charge is 0.415 e. The summed E-state index contributed by atoms with van der Waals surface area (Å²) in [4.78, 5) is 4.13. The molecule has 0 radical (unpaired) electrons. The van der Waals surface area contributed by atoms with Gasteiger partial charge < -0.3 is 4.42 Å². The highest BCUT2D eigenvalue weighted by atomic mass is 35.5. The maximum atomic E-state index is 13.4. The minimum atomic E-state index is -3.72. The van der Waals surface area contributed by atoms with Crippen LogP contribution in [0, 0.1) is 5.82 Å². The molecule has 0 fully saturated rings. The Labute approximate surface area is 169 Å². The van der Waals surface area contributed by atoms with Crippen LogP contribution < -0.4 is 4.31 Å². The third-order valence-electron chi connectivity index (χ3n) is 3.90. The molecular weight excluding hydrogens is 433 g/mol. The minimum Gasteiger partial charge on any atom is -0.415 e. The molecule has 0 N–H and O–H groups in total. The predicted molar refractivity (Wildman–Crippen MR) is 99.5 cm³/mol. The molecule has 0 aliphatic heterocycles. The highest BCUT2D eigenvalue weighted by Gasteiger charge is 2.23. The first kappa shape index (κ1) is 21.1. The number of anilines is 1. The third-order valence-corrected chi connectivity index (χ3v) is 5.93. The predicted octanol–water partition coefficient (Wildman–Crippen LogP) is 4.22. The Balaban J connectivity index is 1.88. The highest BCUT2D eigenvalue weighted by Crippen LogP contribution is 2.27. The van der Waals surface area contributed by atoms with E-state index < -0.39 is 28.2 Å². The first-order chi connectivity index (χ1) is 13.7. The molecule has 0 atom stereocenters. The Bertz CT molecular complexity index is 1110. The van der Waals surface area contributed by atoms with Crippen LogP contribution in [-0.2, 0) is 16.6 Å². The Hall–Kier alpha value is -2.66. The van der Waals surface area contributed by atoms with E-state index in [1.54, 1.807) is 0 Å². The quantitative estimate of drug-likeness (QED) is 0.540. The van der Waals surface area contributed by atoms with Gasteiger partial charge in [0, 0.05) is 6.20 Å². The lowest BCUT2D eigenvalue weighted by Gasteiger charge is -2.23. The first-order valence-corrected chi connectivity index (χ1v) is 10.2. The fraction of sp³-hybridized carbons (Fsp3) is 0.235. The molecule has 7 nitrogen and oxygen atoms in total. The summed E-state index contributed by atoms with van der Waals surface area (Å²) < 4.78 is 69.5. The number of hydrogen-bond donors (Lipinski definition) is 0. The van der Waals surface area contributed by atoms with Crippen LogP contribution in [-0.4, -0.2) is 29.4 Å². The van der Waals surface area contributed by atoms with Crippen molar-refractivity contribution in [1.82, 2.24) is 15.2 Å². The fourth-order valence-electron chi connectivity index (χ4n) is 2.38. The van der Waals surface area contributed by atoms with Crippen molar-refractivity contribution in [1.29, 1.82) is 0 Å². The normalized spacial score (nSPS) is 11.8. The van der Waals surface area contributed by atoms with E-state index in [-0.39, 0.29) is 28.9 Å². The van der Waals surface area contributed by atoms with E-state index in [0.29, 0.717) is 11.3 Å². The number of nitrogens with zero attached hydrogens (tertiary/aromatic N) is 4. The molecule has 0 spiro atoms. The summed E-state index contributed by atoms with van der Waals surface area (Å²) in [5.74, 6) is -1.81. The summed E-state index contributed by atoms with van der Waals surface area (Å²) in [5, 5.41) is 6.54. The van der Waals surface area contributed by atoms with Gasteiger partial charge in [0.1, 0.15) is 5.82 Å². The lowest BCUT2D eigenvalue weighted by molar-refractivity contribution is 0.116. The Morgan fingerprint density at radius 3 is 2.52 bits per heavy atom. The van der Waals surface area contributed by atoms with Crippen molar-refractivity contribution in [3.63, 3.8) is 0 Å². The monoisotopic (exact) mass is 446 g/mol. The number of benzene rings is 1. The van der Waals surface area contributed by atoms with E-state index >= 15 is 0 Å². The zero-order valence-electron chi connectivity index (χ0n) is 14.9. The number of halogens is 4. The van der Waals surface area contributed by atoms with Gasteiger partial charge >= 0.3 is 6.43 Å². The highest BCUT2D eigenvalue weighted by molar-refractivity contribution is 7.92. The summed E-state index contributed by atoms with van der Waals surface area (Å²) in [6.07, 6.45) is -1.59. The molecule has 3 rings (SSSR count). The van der Waals surface area contributed by atoms with Crippen molar-refractivity contribution in [3.8, 4) is 11.5 Å². The molecule has 0 aliphatic rings. The van der Waals surface area contributed by atoms with Crippen molar-refractivity contribution >= 4 is 27.3 Å². The maximum Gasteiger partial charge on any atom is 0.314 e. The van der Waals surface area contributed by atoms with Crippen molar-refractivity contribution in [2.75, 3.05) is 10.1 Å². The number of aromatic nitrogens is 3. The average molecular weight is 447 g/mol. The van der Waals surface area contributed by atoms with E-state index in [1.807, 2.05) is 0 Å². The number of sulfonamides is 1. The minimum absolute atomic E-state index is 0.136. The van der Waals surface area contributed by atoms with Crippen LogP contribution in [0.15, 0.2) is 40.9 Å². The van der Waals surface area contributed by atoms with E-state index in [0.717, 1.165) is 10.4 Å². The molecule has 0 aliphatic carbocycles. The third kappa shape index (κ3) is 4.67. The van der Waals surface area contributed by atoms with E-state index in [4.69, 9.17) is 16.0 Å². The van der Waals surface area contributed by atoms with Crippen LogP contribution in [0.1, 0.15) is 24.9 Å². The maximum absolute atomic E-state index is 13.4. The molecule has 12 heteroatoms. The van der Waals surface area contributed by atoms with Crippen LogP contribution in [0.4, 0.5) is 18.9 Å². The van der Waals surface area contributed by atoms with Gasteiger partial charge in [-0.25, -0.2) is 12.8 Å². The standard InChI is InChI=1S/C17H14ClF3N4O3S/c1-2-29(26,27)25(12-5-6-14(19)13(18)7-12)9-11-4-3-10(8-22-11)16-23-24-17(28-16)15(20)21/h3-8,15H,2,9H2,1H3. The summed E-state index contributed by atoms with van der Waals surface area (Å²) >= 11 is 5.78. The first-order valence-electron chi connectivity index (χ1n) is 8.23. The number of pyridine rings is 1. The molecule has 154 valence electrons. The molecule has 2 aromatic heterocycles. The van der Waals surface area contributed by atoms with Crippen LogP contribution >= 0.6 is 11.6 Å². The van der Waals surface area contributed by atoms with Gasteiger partial charge in [0.15, 0.2) is 0 Å². The second-order valence-electron chi connectivity index (χ2n) is 5.79. The Morgan fingerprint density at radius 2 is 1.97 bits per heavy atom. The Morgan fingerprint density at radius 1 is 1.21 bits per heavy atom. The molecule has 0 bridgehead atoms. The second kappa shape index (κ2) is 8.37. The van der Waals surface area contributed by atoms with Crippen molar-refractivity contribution < 1.29 is 26.0 Å². The Kier molecular flexibility index (Phi) is 6.08. The average Bonchev–Trinajstić information content (AvgIpc) is 3.19. The zero-order valence-corrected chi connectivity index (χ0v) is 16.5. The molecule has 0 saturated carbocycles. The molecule has 1 aromatic carbocycles. The van der Waals surface area contributed by atoms with Crippen LogP contribution in [0.2, 0.25) is 5.02 Å². The van der Waals surface area contributed by atoms with Crippen LogP contribution in [0.25, 0.3) is 11.5 Å². The number of rotatable bonds is 7. The number of hydrogen-bond acceptors (Lipinski definition) is 6. The summed E-state index contributed by atoms with van der Waals surface area (Å²) in [5.41, 5.74) is 0.824. The summed E-state index contributed by atoms with van der Waals surface area (Å²) in [6, 6.07) is 6.56. The number of alkyl halides is 2. The molecular formula is C17H14ClF3N4O3S. The summed E-state index contributed by atoms with van der Waals surface area (Å²) in [7, 11) is -3.72. The lowest BCUT2D eigenvalue weighted by Crippen LogP contribution is -2.32. The van der Waals surface area contributed by atoms with Gasteiger partial charge in [-0.1, -0.05) is 11.6 Å². The summed E-state index contributed by atoms with van der Waals surface area (Å²) in [6.45, 7) is 1.32. The topological polar surface area (TPSA) is 89.2 Å². The molecule has 0 amide bonds. The van der Waals surface area contributed by atoms with Gasteiger partial charge in [-0.2, -0.15) is 8.78 Å². The fourth-order valence-corrected chi connectivity index (χ4v) is 3.63. The molecule has 3 aromatic rings. The van der Waals surface area contributed by atoms with E-state index in [2.05, 4.69) is 15.2 Å². The SMILES string of the molecule is CCS(=O)(=O)N(Cc1ccc(-c2nnc(C(F)F)o2)cn1)c1ccc(F)c(Cl)c1. The van der Waals surface area contributed by atoms with Gasteiger partial charge in [0.25, 0.3) is 5.89 Å². The van der Waals surface area contributed by atoms with Crippen molar-refractivity contribution in [2.24, 2.45) is 0 Å². The van der Waals surface area contributed by atoms with Crippen LogP contribution in [0.3, 0.4) is 0 Å². The second-order valence-corrected chi connectivity index (χ2v) is 8.38. The smallest absolute Gasteiger partial charge is 0.314 e.